The molecule has 1 saturated carbocycles. The van der Waals surface area contributed by atoms with E-state index in [2.05, 4.69) is 0 Å². The Labute approximate surface area is 222 Å². The Bertz CT molecular complexity index is 1340. The van der Waals surface area contributed by atoms with Gasteiger partial charge in [-0.25, -0.2) is 0 Å². The number of Topliss-reactive ketones (excluding diaryl/α,β-unsaturated/α-hetero) is 1. The summed E-state index contributed by atoms with van der Waals surface area (Å²) in [6.45, 7) is 3.82. The monoisotopic (exact) mass is 515 g/mol. The molecule has 198 valence electrons. The summed E-state index contributed by atoms with van der Waals surface area (Å²) in [5, 5.41) is 11.2. The zero-order valence-corrected chi connectivity index (χ0v) is 21.9. The number of benzene rings is 1. The second-order valence-corrected chi connectivity index (χ2v) is 11.2. The van der Waals surface area contributed by atoms with Crippen molar-refractivity contribution in [1.82, 2.24) is 4.90 Å². The predicted molar refractivity (Wildman–Crippen MR) is 139 cm³/mol. The van der Waals surface area contributed by atoms with E-state index in [-0.39, 0.29) is 47.5 Å². The minimum atomic E-state index is -0.683. The first-order valence-electron chi connectivity index (χ1n) is 13.8. The predicted octanol–water partition coefficient (Wildman–Crippen LogP) is 4.55. The number of phenols is 1. The molecule has 7 heteroatoms. The molecule has 0 spiro atoms. The highest BCUT2D eigenvalue weighted by atomic mass is 16.5. The summed E-state index contributed by atoms with van der Waals surface area (Å²) >= 11 is 0. The molecule has 1 heterocycles. The van der Waals surface area contributed by atoms with Crippen LogP contribution in [0.25, 0.3) is 0 Å². The standard InChI is InChI=1S/C31H33NO6/c1-3-38-24-11-7-10-19(29(24)35)25-18-12-13-20-26(31(37)32(30(20)36)17-8-5-4-6-9-17)21(18)15-22-23(33)14-16(2)28(34)27(22)25/h7,10-12,14,17,20-21,25-26,35H,3-6,8-9,13,15H2,1-2H3/t20-,21+,25+,26-/m0/s1. The number of para-hydroxylation sites is 1. The van der Waals surface area contributed by atoms with Gasteiger partial charge < -0.3 is 9.84 Å². The van der Waals surface area contributed by atoms with Crippen LogP contribution in [0, 0.1) is 17.8 Å². The van der Waals surface area contributed by atoms with Crippen LogP contribution in [-0.2, 0) is 19.2 Å². The summed E-state index contributed by atoms with van der Waals surface area (Å²) in [4.78, 5) is 55.9. The molecule has 0 aromatic heterocycles. The molecule has 1 aromatic carbocycles. The Morgan fingerprint density at radius 1 is 1.03 bits per heavy atom. The molecular formula is C31H33NO6. The number of allylic oxidation sites excluding steroid dienone is 6. The van der Waals surface area contributed by atoms with Gasteiger partial charge in [0, 0.05) is 34.2 Å². The number of fused-ring (bicyclic) bond motifs is 3. The molecule has 2 fully saturated rings. The number of carbonyl (C=O) groups is 4. The average molecular weight is 516 g/mol. The van der Waals surface area contributed by atoms with Crippen molar-refractivity contribution in [2.45, 2.75) is 70.8 Å². The molecule has 5 aliphatic rings. The van der Waals surface area contributed by atoms with E-state index in [4.69, 9.17) is 4.74 Å². The first-order valence-corrected chi connectivity index (χ1v) is 13.8. The third-order valence-electron chi connectivity index (χ3n) is 9.18. The number of ketones is 2. The van der Waals surface area contributed by atoms with E-state index in [0.717, 1.165) is 37.7 Å². The van der Waals surface area contributed by atoms with Crippen LogP contribution >= 0.6 is 0 Å². The fourth-order valence-electron chi connectivity index (χ4n) is 7.48. The first kappa shape index (κ1) is 24.8. The number of rotatable bonds is 4. The maximum absolute atomic E-state index is 13.9. The zero-order chi connectivity index (χ0) is 26.7. The van der Waals surface area contributed by atoms with Crippen molar-refractivity contribution in [3.8, 4) is 11.5 Å². The summed E-state index contributed by atoms with van der Waals surface area (Å²) < 4.78 is 5.64. The number of amides is 2. The van der Waals surface area contributed by atoms with Crippen LogP contribution in [0.15, 0.2) is 52.6 Å². The second-order valence-electron chi connectivity index (χ2n) is 11.2. The Balaban J connectivity index is 1.48. The van der Waals surface area contributed by atoms with Gasteiger partial charge in [0.05, 0.1) is 18.4 Å². The second kappa shape index (κ2) is 9.37. The third-order valence-corrected chi connectivity index (χ3v) is 9.18. The lowest BCUT2D eigenvalue weighted by Gasteiger charge is -2.42. The van der Waals surface area contributed by atoms with E-state index < -0.39 is 17.8 Å². The van der Waals surface area contributed by atoms with Gasteiger partial charge in [-0.1, -0.05) is 43.0 Å². The van der Waals surface area contributed by atoms with Gasteiger partial charge in [-0.15, -0.1) is 0 Å². The molecule has 1 aromatic rings. The van der Waals surface area contributed by atoms with Crippen LogP contribution in [0.3, 0.4) is 0 Å². The Morgan fingerprint density at radius 2 is 1.79 bits per heavy atom. The molecule has 6 rings (SSSR count). The van der Waals surface area contributed by atoms with Crippen molar-refractivity contribution in [3.05, 3.63) is 58.2 Å². The number of hydrogen-bond acceptors (Lipinski definition) is 6. The topological polar surface area (TPSA) is 101 Å². The van der Waals surface area contributed by atoms with Gasteiger partial charge >= 0.3 is 0 Å². The number of phenolic OH excluding ortho intramolecular Hbond substituents is 1. The SMILES string of the molecule is CCOc1cccc([C@H]2C3=CC[C@@H]4C(=O)N(C5CCCCC5)C(=O)[C@@H]4[C@@H]3CC3=C2C(=O)C(C)=CC3=O)c1O. The average Bonchev–Trinajstić information content (AvgIpc) is 3.18. The van der Waals surface area contributed by atoms with E-state index in [1.54, 1.807) is 25.1 Å². The molecule has 0 radical (unpaired) electrons. The molecular weight excluding hydrogens is 482 g/mol. The van der Waals surface area contributed by atoms with Crippen LogP contribution < -0.4 is 4.74 Å². The maximum atomic E-state index is 13.9. The molecule has 0 bridgehead atoms. The zero-order valence-electron chi connectivity index (χ0n) is 21.9. The van der Waals surface area contributed by atoms with E-state index in [1.807, 2.05) is 13.0 Å². The van der Waals surface area contributed by atoms with Crippen LogP contribution in [0.2, 0.25) is 0 Å². The normalized spacial score (nSPS) is 29.6. The molecule has 1 saturated heterocycles. The highest BCUT2D eigenvalue weighted by molar-refractivity contribution is 6.24. The van der Waals surface area contributed by atoms with Gasteiger partial charge in [-0.3, -0.25) is 24.1 Å². The van der Waals surface area contributed by atoms with E-state index in [9.17, 15) is 24.3 Å². The van der Waals surface area contributed by atoms with Gasteiger partial charge in [-0.2, -0.15) is 0 Å². The lowest BCUT2D eigenvalue weighted by Crippen LogP contribution is -2.43. The summed E-state index contributed by atoms with van der Waals surface area (Å²) in [7, 11) is 0. The number of carbonyl (C=O) groups excluding carboxylic acids is 4. The fourth-order valence-corrected chi connectivity index (χ4v) is 7.48. The quantitative estimate of drug-likeness (QED) is 0.359. The Morgan fingerprint density at radius 3 is 2.53 bits per heavy atom. The van der Waals surface area contributed by atoms with E-state index >= 15 is 0 Å². The van der Waals surface area contributed by atoms with Gasteiger partial charge in [0.25, 0.3) is 0 Å². The molecule has 2 amide bonds. The van der Waals surface area contributed by atoms with Crippen molar-refractivity contribution < 1.29 is 29.0 Å². The minimum absolute atomic E-state index is 0.0534. The molecule has 1 aliphatic heterocycles. The smallest absolute Gasteiger partial charge is 0.233 e. The van der Waals surface area contributed by atoms with Crippen molar-refractivity contribution >= 4 is 23.4 Å². The van der Waals surface area contributed by atoms with Gasteiger partial charge in [0.1, 0.15) is 0 Å². The van der Waals surface area contributed by atoms with Gasteiger partial charge in [0.15, 0.2) is 23.1 Å². The summed E-state index contributed by atoms with van der Waals surface area (Å²) in [6.07, 6.45) is 8.86. The largest absolute Gasteiger partial charge is 0.504 e. The summed E-state index contributed by atoms with van der Waals surface area (Å²) in [6, 6.07) is 5.14. The van der Waals surface area contributed by atoms with Crippen LogP contribution in [0.4, 0.5) is 0 Å². The van der Waals surface area contributed by atoms with Gasteiger partial charge in [0.2, 0.25) is 11.8 Å². The molecule has 4 aliphatic carbocycles. The summed E-state index contributed by atoms with van der Waals surface area (Å²) in [5.74, 6) is -2.53. The fraction of sp³-hybridized carbons (Fsp3) is 0.484. The molecule has 38 heavy (non-hydrogen) atoms. The minimum Gasteiger partial charge on any atom is -0.504 e. The van der Waals surface area contributed by atoms with E-state index in [1.165, 1.54) is 11.0 Å². The maximum Gasteiger partial charge on any atom is 0.233 e. The number of ether oxygens (including phenoxy) is 1. The van der Waals surface area contributed by atoms with Crippen molar-refractivity contribution in [2.24, 2.45) is 17.8 Å². The number of likely N-dealkylation sites (tertiary alicyclic amines) is 1. The van der Waals surface area contributed by atoms with Crippen LogP contribution in [0.1, 0.15) is 70.3 Å². The van der Waals surface area contributed by atoms with Crippen molar-refractivity contribution in [3.63, 3.8) is 0 Å². The van der Waals surface area contributed by atoms with Crippen LogP contribution in [-0.4, -0.2) is 46.0 Å². The van der Waals surface area contributed by atoms with Crippen molar-refractivity contribution in [2.75, 3.05) is 6.61 Å². The number of nitrogens with zero attached hydrogens (tertiary/aromatic N) is 1. The molecule has 0 unspecified atom stereocenters. The summed E-state index contributed by atoms with van der Waals surface area (Å²) in [5.41, 5.74) is 2.46. The number of hydrogen-bond donors (Lipinski definition) is 1. The van der Waals surface area contributed by atoms with Crippen molar-refractivity contribution in [1.29, 1.82) is 0 Å². The third kappa shape index (κ3) is 3.62. The Kier molecular flexibility index (Phi) is 6.12. The van der Waals surface area contributed by atoms with Crippen LogP contribution in [0.5, 0.6) is 11.5 Å². The molecule has 1 N–H and O–H groups in total. The lowest BCUT2D eigenvalue weighted by atomic mass is 9.59. The number of aromatic hydroxyl groups is 1. The Hall–Kier alpha value is -3.48. The molecule has 4 atom stereocenters. The highest BCUT2D eigenvalue weighted by Crippen LogP contribution is 2.57. The first-order chi connectivity index (χ1) is 18.3. The number of imide groups is 1. The highest BCUT2D eigenvalue weighted by Gasteiger charge is 2.57. The van der Waals surface area contributed by atoms with Gasteiger partial charge in [-0.05, 0) is 57.6 Å². The lowest BCUT2D eigenvalue weighted by molar-refractivity contribution is -0.143. The van der Waals surface area contributed by atoms with E-state index in [0.29, 0.717) is 41.1 Å². The molecule has 7 nitrogen and oxygen atoms in total.